The fraction of sp³-hybridized carbons (Fsp3) is 0.346. The van der Waals surface area contributed by atoms with E-state index in [4.69, 9.17) is 9.47 Å². The largest absolute Gasteiger partial charge is 0.493 e. The summed E-state index contributed by atoms with van der Waals surface area (Å²) in [6, 6.07) is 13.9. The number of hydrogen-bond acceptors (Lipinski definition) is 6. The van der Waals surface area contributed by atoms with E-state index < -0.39 is 0 Å². The molecule has 0 atom stereocenters. The van der Waals surface area contributed by atoms with Gasteiger partial charge in [0.15, 0.2) is 17.3 Å². The summed E-state index contributed by atoms with van der Waals surface area (Å²) in [5, 5.41) is 4.47. The van der Waals surface area contributed by atoms with Crippen molar-refractivity contribution in [1.29, 1.82) is 0 Å². The first kappa shape index (κ1) is 23.0. The van der Waals surface area contributed by atoms with Crippen molar-refractivity contribution in [1.82, 2.24) is 14.6 Å². The van der Waals surface area contributed by atoms with Crippen LogP contribution in [0.25, 0.3) is 22.4 Å². The molecule has 0 spiro atoms. The molecule has 0 saturated carbocycles. The highest BCUT2D eigenvalue weighted by Crippen LogP contribution is 2.29. The topological polar surface area (TPSA) is 65.7 Å². The van der Waals surface area contributed by atoms with Crippen molar-refractivity contribution in [3.63, 3.8) is 0 Å². The minimum atomic E-state index is -0.178. The quantitative estimate of drug-likeness (QED) is 0.367. The molecule has 6 nitrogen and oxygen atoms in total. The Labute approximate surface area is 197 Å². The van der Waals surface area contributed by atoms with Gasteiger partial charge in [-0.3, -0.25) is 4.79 Å². The van der Waals surface area contributed by atoms with Crippen molar-refractivity contribution in [2.45, 2.75) is 46.0 Å². The number of rotatable bonds is 7. The summed E-state index contributed by atoms with van der Waals surface area (Å²) >= 11 is 1.33. The molecule has 0 aliphatic heterocycles. The number of benzene rings is 2. The molecule has 4 rings (SSSR count). The van der Waals surface area contributed by atoms with Crippen LogP contribution in [-0.2, 0) is 5.41 Å². The lowest BCUT2D eigenvalue weighted by Gasteiger charge is -2.18. The first-order valence-electron chi connectivity index (χ1n) is 11.1. The molecule has 0 bridgehead atoms. The summed E-state index contributed by atoms with van der Waals surface area (Å²) in [5.41, 5.74) is 2.89. The maximum absolute atomic E-state index is 12.9. The number of aromatic nitrogens is 3. The van der Waals surface area contributed by atoms with Gasteiger partial charge in [0.2, 0.25) is 4.96 Å². The maximum Gasteiger partial charge on any atom is 0.291 e. The molecule has 2 heterocycles. The summed E-state index contributed by atoms with van der Waals surface area (Å²) in [6.07, 6.45) is 3.89. The van der Waals surface area contributed by atoms with Gasteiger partial charge in [0.25, 0.3) is 5.56 Å². The van der Waals surface area contributed by atoms with Crippen molar-refractivity contribution in [2.24, 2.45) is 0 Å². The van der Waals surface area contributed by atoms with Crippen LogP contribution in [-0.4, -0.2) is 28.3 Å². The van der Waals surface area contributed by atoms with Crippen LogP contribution >= 0.6 is 11.3 Å². The van der Waals surface area contributed by atoms with Gasteiger partial charge in [-0.05, 0) is 41.2 Å². The number of nitrogens with zero attached hydrogens (tertiary/aromatic N) is 3. The Morgan fingerprint density at radius 1 is 1.09 bits per heavy atom. The zero-order valence-electron chi connectivity index (χ0n) is 19.7. The zero-order valence-corrected chi connectivity index (χ0v) is 20.5. The highest BCUT2D eigenvalue weighted by molar-refractivity contribution is 7.15. The molecular weight excluding hydrogens is 434 g/mol. The second-order valence-corrected chi connectivity index (χ2v) is 9.99. The van der Waals surface area contributed by atoms with Gasteiger partial charge < -0.3 is 9.47 Å². The molecule has 0 fully saturated rings. The SMILES string of the molecule is CCCCOc1ccc(/C=c2\sc3nc(-c4ccc(C(C)(C)C)cc4)nn3c2=O)cc1OC. The van der Waals surface area contributed by atoms with E-state index in [1.807, 2.05) is 36.4 Å². The predicted octanol–water partition coefficient (Wildman–Crippen LogP) is 4.85. The molecule has 4 aromatic rings. The van der Waals surface area contributed by atoms with Crippen molar-refractivity contribution in [2.75, 3.05) is 13.7 Å². The molecule has 0 radical (unpaired) electrons. The molecule has 0 aliphatic carbocycles. The van der Waals surface area contributed by atoms with Gasteiger partial charge in [-0.15, -0.1) is 5.10 Å². The summed E-state index contributed by atoms with van der Waals surface area (Å²) < 4.78 is 13.2. The minimum Gasteiger partial charge on any atom is -0.493 e. The second-order valence-electron chi connectivity index (χ2n) is 8.99. The number of hydrogen-bond donors (Lipinski definition) is 0. The number of ether oxygens (including phenoxy) is 2. The first-order valence-corrected chi connectivity index (χ1v) is 11.9. The van der Waals surface area contributed by atoms with E-state index in [9.17, 15) is 4.79 Å². The van der Waals surface area contributed by atoms with Gasteiger partial charge >= 0.3 is 0 Å². The number of fused-ring (bicyclic) bond motifs is 1. The first-order chi connectivity index (χ1) is 15.8. The molecule has 7 heteroatoms. The van der Waals surface area contributed by atoms with Gasteiger partial charge in [0.1, 0.15) is 0 Å². The molecule has 33 heavy (non-hydrogen) atoms. The van der Waals surface area contributed by atoms with Crippen molar-refractivity contribution in [3.05, 3.63) is 68.5 Å². The monoisotopic (exact) mass is 463 g/mol. The van der Waals surface area contributed by atoms with E-state index in [0.717, 1.165) is 24.0 Å². The Hall–Kier alpha value is -3.19. The third-order valence-electron chi connectivity index (χ3n) is 5.43. The molecular formula is C26H29N3O3S. The number of methoxy groups -OCH3 is 1. The highest BCUT2D eigenvalue weighted by Gasteiger charge is 2.16. The van der Waals surface area contributed by atoms with Gasteiger partial charge in [-0.25, -0.2) is 0 Å². The maximum atomic E-state index is 12.9. The average molecular weight is 464 g/mol. The van der Waals surface area contributed by atoms with E-state index >= 15 is 0 Å². The van der Waals surface area contributed by atoms with E-state index in [2.05, 4.69) is 49.9 Å². The Bertz CT molecular complexity index is 1370. The van der Waals surface area contributed by atoms with Crippen molar-refractivity contribution in [3.8, 4) is 22.9 Å². The fourth-order valence-corrected chi connectivity index (χ4v) is 4.35. The lowest BCUT2D eigenvalue weighted by atomic mass is 9.87. The summed E-state index contributed by atoms with van der Waals surface area (Å²) in [4.78, 5) is 18.1. The van der Waals surface area contributed by atoms with Crippen LogP contribution in [0, 0.1) is 0 Å². The Kier molecular flexibility index (Phi) is 6.51. The number of thiazole rings is 1. The van der Waals surface area contributed by atoms with Crippen LogP contribution in [0.3, 0.4) is 0 Å². The fourth-order valence-electron chi connectivity index (χ4n) is 3.45. The summed E-state index contributed by atoms with van der Waals surface area (Å²) in [5.74, 6) is 1.91. The molecule has 172 valence electrons. The molecule has 0 unspecified atom stereocenters. The van der Waals surface area contributed by atoms with Crippen LogP contribution in [0.15, 0.2) is 47.3 Å². The molecule has 0 amide bonds. The Morgan fingerprint density at radius 3 is 2.48 bits per heavy atom. The van der Waals surface area contributed by atoms with Crippen LogP contribution in [0.4, 0.5) is 0 Å². The Balaban J connectivity index is 1.63. The van der Waals surface area contributed by atoms with Crippen molar-refractivity contribution >= 4 is 22.4 Å². The molecule has 2 aromatic heterocycles. The van der Waals surface area contributed by atoms with E-state index in [1.54, 1.807) is 7.11 Å². The lowest BCUT2D eigenvalue weighted by molar-refractivity contribution is 0.288. The molecule has 0 N–H and O–H groups in total. The third-order valence-corrected chi connectivity index (χ3v) is 6.39. The molecule has 0 saturated heterocycles. The number of unbranched alkanes of at least 4 members (excludes halogenated alkanes) is 1. The molecule has 2 aromatic carbocycles. The lowest BCUT2D eigenvalue weighted by Crippen LogP contribution is -2.23. The van der Waals surface area contributed by atoms with Crippen LogP contribution in [0.2, 0.25) is 0 Å². The van der Waals surface area contributed by atoms with Crippen LogP contribution < -0.4 is 19.6 Å². The minimum absolute atomic E-state index is 0.0793. The van der Waals surface area contributed by atoms with E-state index in [-0.39, 0.29) is 11.0 Å². The smallest absolute Gasteiger partial charge is 0.291 e. The van der Waals surface area contributed by atoms with Gasteiger partial charge in [-0.2, -0.15) is 9.50 Å². The standard InChI is InChI=1S/C26H29N3O3S/c1-6-7-14-32-20-13-8-17(15-21(20)31-5)16-22-24(30)29-25(33-22)27-23(28-29)18-9-11-19(12-10-18)26(2,3)4/h8-13,15-16H,6-7,14H2,1-5H3/b22-16-. The van der Waals surface area contributed by atoms with Crippen LogP contribution in [0.1, 0.15) is 51.7 Å². The van der Waals surface area contributed by atoms with E-state index in [1.165, 1.54) is 21.4 Å². The highest BCUT2D eigenvalue weighted by atomic mass is 32.1. The predicted molar refractivity (Wildman–Crippen MR) is 133 cm³/mol. The average Bonchev–Trinajstić information content (AvgIpc) is 3.33. The summed E-state index contributed by atoms with van der Waals surface area (Å²) in [7, 11) is 1.61. The van der Waals surface area contributed by atoms with Crippen molar-refractivity contribution < 1.29 is 9.47 Å². The van der Waals surface area contributed by atoms with Gasteiger partial charge in [-0.1, -0.05) is 75.8 Å². The van der Waals surface area contributed by atoms with Gasteiger partial charge in [0, 0.05) is 5.56 Å². The zero-order chi connectivity index (χ0) is 23.6. The van der Waals surface area contributed by atoms with Gasteiger partial charge in [0.05, 0.1) is 18.2 Å². The molecule has 0 aliphatic rings. The Morgan fingerprint density at radius 2 is 1.85 bits per heavy atom. The second kappa shape index (κ2) is 9.35. The van der Waals surface area contributed by atoms with Crippen LogP contribution in [0.5, 0.6) is 11.5 Å². The summed E-state index contributed by atoms with van der Waals surface area (Å²) in [6.45, 7) is 9.30. The third kappa shape index (κ3) is 4.93. The normalized spacial score (nSPS) is 12.5. The van der Waals surface area contributed by atoms with E-state index in [0.29, 0.717) is 33.4 Å².